The molecule has 0 aromatic carbocycles. The molecular weight excluding hydrogens is 242 g/mol. The lowest BCUT2D eigenvalue weighted by molar-refractivity contribution is 0.539. The number of thioether (sulfide) groups is 1. The van der Waals surface area contributed by atoms with Crippen molar-refractivity contribution in [3.63, 3.8) is 0 Å². The van der Waals surface area contributed by atoms with Gasteiger partial charge in [-0.1, -0.05) is 41.5 Å². The first-order chi connectivity index (χ1) is 8.32. The molecule has 0 spiro atoms. The SMILES string of the molecule is CCCNc1cc(SC(C)C)nc(C(C)(C)C)n1. The van der Waals surface area contributed by atoms with Crippen LogP contribution in [0.25, 0.3) is 0 Å². The monoisotopic (exact) mass is 267 g/mol. The molecule has 0 bridgehead atoms. The van der Waals surface area contributed by atoms with E-state index in [2.05, 4.69) is 62.9 Å². The molecule has 0 saturated carbocycles. The molecule has 18 heavy (non-hydrogen) atoms. The third-order valence-corrected chi connectivity index (χ3v) is 3.21. The minimum Gasteiger partial charge on any atom is -0.370 e. The highest BCUT2D eigenvalue weighted by Gasteiger charge is 2.19. The molecule has 0 fully saturated rings. The van der Waals surface area contributed by atoms with E-state index in [4.69, 9.17) is 0 Å². The zero-order valence-corrected chi connectivity index (χ0v) is 13.2. The lowest BCUT2D eigenvalue weighted by Crippen LogP contribution is -2.18. The normalized spacial score (nSPS) is 11.9. The first-order valence-corrected chi connectivity index (χ1v) is 7.51. The number of rotatable bonds is 5. The highest BCUT2D eigenvalue weighted by molar-refractivity contribution is 7.99. The van der Waals surface area contributed by atoms with E-state index >= 15 is 0 Å². The van der Waals surface area contributed by atoms with Gasteiger partial charge in [0.05, 0.1) is 0 Å². The Bertz CT molecular complexity index is 383. The van der Waals surface area contributed by atoms with E-state index in [0.29, 0.717) is 5.25 Å². The fraction of sp³-hybridized carbons (Fsp3) is 0.714. The number of anilines is 1. The van der Waals surface area contributed by atoms with Gasteiger partial charge in [0.25, 0.3) is 0 Å². The summed E-state index contributed by atoms with van der Waals surface area (Å²) in [5.74, 6) is 1.85. The van der Waals surface area contributed by atoms with Gasteiger partial charge in [-0.2, -0.15) is 0 Å². The first-order valence-electron chi connectivity index (χ1n) is 6.63. The van der Waals surface area contributed by atoms with Gasteiger partial charge in [-0.05, 0) is 6.42 Å². The number of nitrogens with zero attached hydrogens (tertiary/aromatic N) is 2. The average Bonchev–Trinajstić information content (AvgIpc) is 2.24. The predicted molar refractivity (Wildman–Crippen MR) is 80.5 cm³/mol. The van der Waals surface area contributed by atoms with Gasteiger partial charge in [0.1, 0.15) is 16.7 Å². The molecule has 0 aliphatic carbocycles. The molecular formula is C14H25N3S. The topological polar surface area (TPSA) is 37.8 Å². The van der Waals surface area contributed by atoms with Gasteiger partial charge in [-0.25, -0.2) is 9.97 Å². The zero-order chi connectivity index (χ0) is 13.8. The summed E-state index contributed by atoms with van der Waals surface area (Å²) in [7, 11) is 0. The third-order valence-electron chi connectivity index (χ3n) is 2.29. The van der Waals surface area contributed by atoms with Gasteiger partial charge in [-0.15, -0.1) is 11.8 Å². The molecule has 0 saturated heterocycles. The van der Waals surface area contributed by atoms with Crippen LogP contribution >= 0.6 is 11.8 Å². The van der Waals surface area contributed by atoms with E-state index in [1.807, 2.05) is 0 Å². The molecule has 0 atom stereocenters. The summed E-state index contributed by atoms with van der Waals surface area (Å²) in [5, 5.41) is 4.95. The second-order valence-corrected chi connectivity index (χ2v) is 7.36. The Morgan fingerprint density at radius 1 is 1.28 bits per heavy atom. The Morgan fingerprint density at radius 3 is 2.44 bits per heavy atom. The van der Waals surface area contributed by atoms with Crippen LogP contribution in [0.1, 0.15) is 53.8 Å². The van der Waals surface area contributed by atoms with Crippen molar-refractivity contribution >= 4 is 17.6 Å². The van der Waals surface area contributed by atoms with Gasteiger partial charge >= 0.3 is 0 Å². The number of hydrogen-bond donors (Lipinski definition) is 1. The molecule has 102 valence electrons. The standard InChI is InChI=1S/C14H25N3S/c1-7-8-15-11-9-12(18-10(2)3)17-13(16-11)14(4,5)6/h9-10H,7-8H2,1-6H3,(H,15,16,17). The maximum absolute atomic E-state index is 4.66. The largest absolute Gasteiger partial charge is 0.370 e. The maximum Gasteiger partial charge on any atom is 0.137 e. The lowest BCUT2D eigenvalue weighted by atomic mass is 9.96. The molecule has 4 heteroatoms. The van der Waals surface area contributed by atoms with E-state index in [1.165, 1.54) is 0 Å². The van der Waals surface area contributed by atoms with Crippen molar-refractivity contribution in [2.45, 2.75) is 63.7 Å². The minimum absolute atomic E-state index is 0.0177. The summed E-state index contributed by atoms with van der Waals surface area (Å²) in [4.78, 5) is 9.28. The van der Waals surface area contributed by atoms with Crippen LogP contribution in [0.15, 0.2) is 11.1 Å². The van der Waals surface area contributed by atoms with Crippen molar-refractivity contribution in [1.29, 1.82) is 0 Å². The zero-order valence-electron chi connectivity index (χ0n) is 12.4. The predicted octanol–water partition coefficient (Wildman–Crippen LogP) is 4.10. The maximum atomic E-state index is 4.66. The van der Waals surface area contributed by atoms with Crippen molar-refractivity contribution in [3.8, 4) is 0 Å². The molecule has 0 amide bonds. The summed E-state index contributed by atoms with van der Waals surface area (Å²) in [6.45, 7) is 13.9. The summed E-state index contributed by atoms with van der Waals surface area (Å²) >= 11 is 1.79. The van der Waals surface area contributed by atoms with Crippen LogP contribution in [0.4, 0.5) is 5.82 Å². The van der Waals surface area contributed by atoms with Crippen LogP contribution < -0.4 is 5.32 Å². The number of aromatic nitrogens is 2. The quantitative estimate of drug-likeness (QED) is 0.644. The van der Waals surface area contributed by atoms with E-state index in [0.717, 1.165) is 29.6 Å². The highest BCUT2D eigenvalue weighted by Crippen LogP contribution is 2.27. The van der Waals surface area contributed by atoms with Crippen molar-refractivity contribution in [2.75, 3.05) is 11.9 Å². The molecule has 1 N–H and O–H groups in total. The molecule has 3 nitrogen and oxygen atoms in total. The van der Waals surface area contributed by atoms with E-state index in [9.17, 15) is 0 Å². The van der Waals surface area contributed by atoms with Crippen LogP contribution in [-0.4, -0.2) is 21.8 Å². The van der Waals surface area contributed by atoms with Crippen LogP contribution in [0.5, 0.6) is 0 Å². The Hall–Kier alpha value is -0.770. The summed E-state index contributed by atoms with van der Waals surface area (Å²) in [6.07, 6.45) is 1.10. The van der Waals surface area contributed by atoms with E-state index < -0.39 is 0 Å². The van der Waals surface area contributed by atoms with Gasteiger partial charge in [0.2, 0.25) is 0 Å². The minimum atomic E-state index is -0.0177. The van der Waals surface area contributed by atoms with E-state index in [-0.39, 0.29) is 5.41 Å². The Labute approximate surface area is 115 Å². The van der Waals surface area contributed by atoms with Crippen LogP contribution in [-0.2, 0) is 5.41 Å². The van der Waals surface area contributed by atoms with Gasteiger partial charge in [0, 0.05) is 23.3 Å². The Morgan fingerprint density at radius 2 is 1.94 bits per heavy atom. The van der Waals surface area contributed by atoms with Crippen molar-refractivity contribution < 1.29 is 0 Å². The fourth-order valence-corrected chi connectivity index (χ4v) is 2.21. The van der Waals surface area contributed by atoms with Crippen molar-refractivity contribution in [1.82, 2.24) is 9.97 Å². The number of hydrogen-bond acceptors (Lipinski definition) is 4. The van der Waals surface area contributed by atoms with Crippen LogP contribution in [0.2, 0.25) is 0 Å². The summed E-state index contributed by atoms with van der Waals surface area (Å²) in [6, 6.07) is 2.05. The second-order valence-electron chi connectivity index (χ2n) is 5.76. The van der Waals surface area contributed by atoms with E-state index in [1.54, 1.807) is 11.8 Å². The average molecular weight is 267 g/mol. The molecule has 0 aliphatic heterocycles. The summed E-state index contributed by atoms with van der Waals surface area (Å²) < 4.78 is 0. The van der Waals surface area contributed by atoms with Gasteiger partial charge in [0.15, 0.2) is 0 Å². The summed E-state index contributed by atoms with van der Waals surface area (Å²) in [5.41, 5.74) is -0.0177. The molecule has 0 radical (unpaired) electrons. The molecule has 1 aromatic rings. The number of nitrogens with one attached hydrogen (secondary N) is 1. The Balaban J connectivity index is 3.03. The molecule has 0 unspecified atom stereocenters. The van der Waals surface area contributed by atoms with Crippen molar-refractivity contribution in [3.05, 3.63) is 11.9 Å². The molecule has 1 rings (SSSR count). The van der Waals surface area contributed by atoms with Crippen LogP contribution in [0, 0.1) is 0 Å². The fourth-order valence-electron chi connectivity index (χ4n) is 1.41. The second kappa shape index (κ2) is 6.41. The molecule has 0 aliphatic rings. The van der Waals surface area contributed by atoms with Gasteiger partial charge in [-0.3, -0.25) is 0 Å². The lowest BCUT2D eigenvalue weighted by Gasteiger charge is -2.19. The third kappa shape index (κ3) is 4.84. The van der Waals surface area contributed by atoms with Crippen molar-refractivity contribution in [2.24, 2.45) is 0 Å². The molecule has 1 aromatic heterocycles. The smallest absolute Gasteiger partial charge is 0.137 e. The first kappa shape index (κ1) is 15.3. The highest BCUT2D eigenvalue weighted by atomic mass is 32.2. The molecule has 1 heterocycles. The Kier molecular flexibility index (Phi) is 5.45. The van der Waals surface area contributed by atoms with Crippen LogP contribution in [0.3, 0.4) is 0 Å². The van der Waals surface area contributed by atoms with Gasteiger partial charge < -0.3 is 5.32 Å².